The third-order valence-electron chi connectivity index (χ3n) is 4.51. The van der Waals surface area contributed by atoms with Gasteiger partial charge in [0.2, 0.25) is 0 Å². The number of hydrogen-bond acceptors (Lipinski definition) is 2. The van der Waals surface area contributed by atoms with Crippen LogP contribution < -0.4 is 14.8 Å². The first-order chi connectivity index (χ1) is 12.3. The van der Waals surface area contributed by atoms with Crippen LogP contribution in [0.2, 0.25) is 0 Å². The minimum atomic E-state index is -0.158. The Hall–Kier alpha value is -1.53. The lowest BCUT2D eigenvalue weighted by molar-refractivity contribution is 0.397. The van der Waals surface area contributed by atoms with Gasteiger partial charge in [0.1, 0.15) is 11.5 Å². The Morgan fingerprint density at radius 2 is 1.32 bits per heavy atom. The van der Waals surface area contributed by atoms with E-state index >= 15 is 0 Å². The molecule has 2 aromatic rings. The predicted octanol–water partition coefficient (Wildman–Crippen LogP) is 6.08. The smallest absolute Gasteiger partial charge is 0.130 e. The van der Waals surface area contributed by atoms with Crippen LogP contribution in [0, 0.1) is 0 Å². The van der Waals surface area contributed by atoms with E-state index in [2.05, 4.69) is 38.1 Å². The Balaban J connectivity index is 2.53. The number of methoxy groups -OCH3 is 2. The fourth-order valence-electron chi connectivity index (χ4n) is 3.13. The molecule has 0 aliphatic rings. The summed E-state index contributed by atoms with van der Waals surface area (Å²) in [6.45, 7) is 4.56. The van der Waals surface area contributed by atoms with E-state index < -0.39 is 0 Å². The van der Waals surface area contributed by atoms with Gasteiger partial charge in [-0.05, 0) is 48.2 Å². The van der Waals surface area contributed by atoms with Crippen molar-refractivity contribution in [3.05, 3.63) is 42.5 Å². The molecule has 2 nitrogen and oxygen atoms in total. The Bertz CT molecular complexity index is 624. The van der Waals surface area contributed by atoms with Gasteiger partial charge < -0.3 is 9.47 Å². The molecule has 0 unspecified atom stereocenters. The summed E-state index contributed by atoms with van der Waals surface area (Å²) in [5.74, 6) is 1.76. The number of unbranched alkanes of at least 4 members (excludes halogenated alkanes) is 2. The molecule has 0 radical (unpaired) electrons. The van der Waals surface area contributed by atoms with E-state index in [1.165, 1.54) is 48.9 Å². The molecule has 0 N–H and O–H groups in total. The van der Waals surface area contributed by atoms with E-state index in [4.69, 9.17) is 9.47 Å². The van der Waals surface area contributed by atoms with Crippen LogP contribution in [-0.2, 0) is 0 Å². The standard InChI is InChI=1S/C22H31O2P/c1-5-7-16-25(17-8-6-2)21-15-10-9-12-18(21)22-19(23-3)13-11-14-20(22)24-4/h9-15H,5-8,16-17H2,1-4H3. The molecular weight excluding hydrogens is 327 g/mol. The van der Waals surface area contributed by atoms with Gasteiger partial charge in [-0.15, -0.1) is 0 Å². The first kappa shape index (κ1) is 19.8. The first-order valence-electron chi connectivity index (χ1n) is 9.32. The molecule has 3 heteroatoms. The lowest BCUT2D eigenvalue weighted by Gasteiger charge is -2.23. The maximum atomic E-state index is 5.67. The summed E-state index contributed by atoms with van der Waals surface area (Å²) in [5, 5.41) is 1.49. The molecule has 25 heavy (non-hydrogen) atoms. The Labute approximate surface area is 154 Å². The number of ether oxygens (including phenoxy) is 2. The van der Waals surface area contributed by atoms with Gasteiger partial charge in [0.05, 0.1) is 19.8 Å². The summed E-state index contributed by atoms with van der Waals surface area (Å²) in [5.41, 5.74) is 2.36. The minimum absolute atomic E-state index is 0.158. The lowest BCUT2D eigenvalue weighted by atomic mass is 10.0. The highest BCUT2D eigenvalue weighted by Crippen LogP contribution is 2.44. The van der Waals surface area contributed by atoms with Crippen molar-refractivity contribution in [3.8, 4) is 22.6 Å². The highest BCUT2D eigenvalue weighted by atomic mass is 31.1. The molecule has 0 heterocycles. The summed E-state index contributed by atoms with van der Waals surface area (Å²) < 4.78 is 11.3. The van der Waals surface area contributed by atoms with E-state index in [-0.39, 0.29) is 7.92 Å². The quantitative estimate of drug-likeness (QED) is 0.479. The molecule has 0 fully saturated rings. The largest absolute Gasteiger partial charge is 0.496 e. The second kappa shape index (κ2) is 10.5. The molecule has 0 saturated carbocycles. The van der Waals surface area contributed by atoms with Crippen LogP contribution in [0.4, 0.5) is 0 Å². The molecule has 0 aliphatic carbocycles. The van der Waals surface area contributed by atoms with Crippen molar-refractivity contribution in [3.63, 3.8) is 0 Å². The SMILES string of the molecule is CCCCP(CCCC)c1ccccc1-c1c(OC)cccc1OC. The van der Waals surface area contributed by atoms with E-state index in [0.717, 1.165) is 17.1 Å². The van der Waals surface area contributed by atoms with Crippen LogP contribution >= 0.6 is 7.92 Å². The Morgan fingerprint density at radius 3 is 1.84 bits per heavy atom. The molecular formula is C22H31O2P. The van der Waals surface area contributed by atoms with Crippen LogP contribution in [0.5, 0.6) is 11.5 Å². The van der Waals surface area contributed by atoms with Gasteiger partial charge in [0, 0.05) is 0 Å². The summed E-state index contributed by atoms with van der Waals surface area (Å²) in [6, 6.07) is 14.9. The van der Waals surface area contributed by atoms with Crippen LogP contribution in [0.3, 0.4) is 0 Å². The third kappa shape index (κ3) is 4.98. The maximum absolute atomic E-state index is 5.67. The van der Waals surface area contributed by atoms with Gasteiger partial charge >= 0.3 is 0 Å². The zero-order chi connectivity index (χ0) is 18.1. The second-order valence-corrected chi connectivity index (χ2v) is 8.70. The van der Waals surface area contributed by atoms with E-state index in [1.807, 2.05) is 18.2 Å². The molecule has 0 amide bonds. The average Bonchev–Trinajstić information content (AvgIpc) is 2.67. The third-order valence-corrected chi connectivity index (χ3v) is 7.29. The fraction of sp³-hybridized carbons (Fsp3) is 0.455. The van der Waals surface area contributed by atoms with Crippen LogP contribution in [0.1, 0.15) is 39.5 Å². The summed E-state index contributed by atoms with van der Waals surface area (Å²) in [4.78, 5) is 0. The van der Waals surface area contributed by atoms with Crippen molar-refractivity contribution < 1.29 is 9.47 Å². The lowest BCUT2D eigenvalue weighted by Crippen LogP contribution is -2.11. The number of benzene rings is 2. The van der Waals surface area contributed by atoms with Crippen molar-refractivity contribution in [2.45, 2.75) is 39.5 Å². The van der Waals surface area contributed by atoms with Crippen LogP contribution in [0.15, 0.2) is 42.5 Å². The molecule has 0 atom stereocenters. The minimum Gasteiger partial charge on any atom is -0.496 e. The summed E-state index contributed by atoms with van der Waals surface area (Å²) in [7, 11) is 3.31. The Morgan fingerprint density at radius 1 is 0.760 bits per heavy atom. The van der Waals surface area contributed by atoms with Crippen molar-refractivity contribution in [1.29, 1.82) is 0 Å². The molecule has 0 spiro atoms. The van der Waals surface area contributed by atoms with Crippen LogP contribution in [-0.4, -0.2) is 26.5 Å². The van der Waals surface area contributed by atoms with Crippen molar-refractivity contribution in [2.24, 2.45) is 0 Å². The van der Waals surface area contributed by atoms with Gasteiger partial charge in [-0.3, -0.25) is 0 Å². The molecule has 2 rings (SSSR count). The topological polar surface area (TPSA) is 18.5 Å². The summed E-state index contributed by atoms with van der Waals surface area (Å²) in [6.07, 6.45) is 7.72. The zero-order valence-electron chi connectivity index (χ0n) is 16.0. The van der Waals surface area contributed by atoms with Gasteiger partial charge in [0.25, 0.3) is 0 Å². The fourth-order valence-corrected chi connectivity index (χ4v) is 6.05. The zero-order valence-corrected chi connectivity index (χ0v) is 16.9. The van der Waals surface area contributed by atoms with Gasteiger partial charge in [0.15, 0.2) is 0 Å². The normalized spacial score (nSPS) is 10.9. The van der Waals surface area contributed by atoms with E-state index in [1.54, 1.807) is 14.2 Å². The molecule has 0 bridgehead atoms. The molecule has 0 saturated heterocycles. The van der Waals surface area contributed by atoms with Gasteiger partial charge in [-0.2, -0.15) is 0 Å². The predicted molar refractivity (Wildman–Crippen MR) is 111 cm³/mol. The number of rotatable bonds is 10. The van der Waals surface area contributed by atoms with Crippen molar-refractivity contribution in [2.75, 3.05) is 26.5 Å². The second-order valence-electron chi connectivity index (χ2n) is 6.25. The highest BCUT2D eigenvalue weighted by molar-refractivity contribution is 7.65. The first-order valence-corrected chi connectivity index (χ1v) is 11.0. The number of hydrogen-bond donors (Lipinski definition) is 0. The van der Waals surface area contributed by atoms with Gasteiger partial charge in [-0.1, -0.05) is 64.9 Å². The highest BCUT2D eigenvalue weighted by Gasteiger charge is 2.20. The van der Waals surface area contributed by atoms with Gasteiger partial charge in [-0.25, -0.2) is 0 Å². The van der Waals surface area contributed by atoms with E-state index in [9.17, 15) is 0 Å². The molecule has 2 aromatic carbocycles. The molecule has 0 aliphatic heterocycles. The van der Waals surface area contributed by atoms with Crippen molar-refractivity contribution >= 4 is 13.2 Å². The molecule has 0 aromatic heterocycles. The molecule has 136 valence electrons. The Kier molecular flexibility index (Phi) is 8.28. The van der Waals surface area contributed by atoms with Crippen LogP contribution in [0.25, 0.3) is 11.1 Å². The maximum Gasteiger partial charge on any atom is 0.130 e. The average molecular weight is 358 g/mol. The van der Waals surface area contributed by atoms with E-state index in [0.29, 0.717) is 0 Å². The monoisotopic (exact) mass is 358 g/mol. The summed E-state index contributed by atoms with van der Waals surface area (Å²) >= 11 is 0. The van der Waals surface area contributed by atoms with Crippen molar-refractivity contribution in [1.82, 2.24) is 0 Å².